The van der Waals surface area contributed by atoms with Crippen molar-refractivity contribution in [3.8, 4) is 0 Å². The lowest BCUT2D eigenvalue weighted by molar-refractivity contribution is 0.0303. The van der Waals surface area contributed by atoms with Crippen LogP contribution in [0.15, 0.2) is 30.3 Å². The molecule has 16 heavy (non-hydrogen) atoms. The maximum absolute atomic E-state index is 10.2. The van der Waals surface area contributed by atoms with E-state index in [0.29, 0.717) is 6.54 Å². The van der Waals surface area contributed by atoms with Crippen molar-refractivity contribution in [2.45, 2.75) is 45.3 Å². The molecule has 0 fully saturated rings. The normalized spacial score (nSPS) is 13.8. The van der Waals surface area contributed by atoms with Gasteiger partial charge in [0.15, 0.2) is 0 Å². The van der Waals surface area contributed by atoms with Crippen molar-refractivity contribution in [1.29, 1.82) is 0 Å². The summed E-state index contributed by atoms with van der Waals surface area (Å²) in [5.41, 5.74) is 0.695. The molecule has 0 bridgehead atoms. The van der Waals surface area contributed by atoms with Crippen LogP contribution >= 0.6 is 0 Å². The van der Waals surface area contributed by atoms with Crippen molar-refractivity contribution >= 4 is 0 Å². The van der Waals surface area contributed by atoms with Gasteiger partial charge < -0.3 is 10.4 Å². The molecule has 0 aliphatic carbocycles. The minimum absolute atomic E-state index is 0.283. The topological polar surface area (TPSA) is 32.3 Å². The van der Waals surface area contributed by atoms with E-state index in [4.69, 9.17) is 0 Å². The zero-order chi connectivity index (χ0) is 12.0. The Morgan fingerprint density at radius 1 is 1.19 bits per heavy atom. The van der Waals surface area contributed by atoms with Crippen molar-refractivity contribution in [2.24, 2.45) is 0 Å². The van der Waals surface area contributed by atoms with Gasteiger partial charge in [-0.25, -0.2) is 0 Å². The van der Waals surface area contributed by atoms with E-state index in [1.54, 1.807) is 0 Å². The highest BCUT2D eigenvalue weighted by Crippen LogP contribution is 2.16. The van der Waals surface area contributed by atoms with Gasteiger partial charge in [0, 0.05) is 12.6 Å². The maximum Gasteiger partial charge on any atom is 0.0766 e. The third-order valence-corrected chi connectivity index (χ3v) is 3.35. The lowest BCUT2D eigenvalue weighted by atomic mass is 9.97. The van der Waals surface area contributed by atoms with Crippen LogP contribution in [0.4, 0.5) is 0 Å². The largest absolute Gasteiger partial charge is 0.389 e. The van der Waals surface area contributed by atoms with Crippen LogP contribution < -0.4 is 5.32 Å². The van der Waals surface area contributed by atoms with Crippen LogP contribution in [0.2, 0.25) is 0 Å². The number of hydrogen-bond acceptors (Lipinski definition) is 2. The van der Waals surface area contributed by atoms with E-state index in [2.05, 4.69) is 24.4 Å². The molecule has 2 nitrogen and oxygen atoms in total. The summed E-state index contributed by atoms with van der Waals surface area (Å²) in [4.78, 5) is 0. The first-order valence-electron chi connectivity index (χ1n) is 6.12. The molecule has 0 radical (unpaired) electrons. The Hall–Kier alpha value is -0.860. The smallest absolute Gasteiger partial charge is 0.0766 e. The molecule has 1 aromatic rings. The van der Waals surface area contributed by atoms with Crippen molar-refractivity contribution in [3.63, 3.8) is 0 Å². The first-order chi connectivity index (χ1) is 7.61. The molecule has 0 saturated carbocycles. The van der Waals surface area contributed by atoms with Gasteiger partial charge in [0.1, 0.15) is 0 Å². The third kappa shape index (κ3) is 3.62. The Balaban J connectivity index is 2.50. The summed E-state index contributed by atoms with van der Waals surface area (Å²) in [5.74, 6) is 0. The first-order valence-corrected chi connectivity index (χ1v) is 6.12. The van der Waals surface area contributed by atoms with E-state index in [1.165, 1.54) is 5.56 Å². The van der Waals surface area contributed by atoms with E-state index >= 15 is 0 Å². The van der Waals surface area contributed by atoms with Crippen LogP contribution in [-0.4, -0.2) is 17.3 Å². The third-order valence-electron chi connectivity index (χ3n) is 3.35. The van der Waals surface area contributed by atoms with Gasteiger partial charge in [-0.05, 0) is 25.3 Å². The van der Waals surface area contributed by atoms with E-state index in [-0.39, 0.29) is 6.04 Å². The standard InChI is InChI=1S/C14H23NO/c1-4-14(16,5-2)11-15-12(3)13-9-7-6-8-10-13/h6-10,12,15-16H,4-5,11H2,1-3H3/t12-/m1/s1. The van der Waals surface area contributed by atoms with E-state index < -0.39 is 5.60 Å². The van der Waals surface area contributed by atoms with Crippen LogP contribution in [0.3, 0.4) is 0 Å². The molecule has 1 atom stereocenters. The summed E-state index contributed by atoms with van der Waals surface area (Å²) in [6.07, 6.45) is 1.58. The SMILES string of the molecule is CCC(O)(CC)CN[C@H](C)c1ccccc1. The highest BCUT2D eigenvalue weighted by Gasteiger charge is 2.22. The second-order valence-corrected chi connectivity index (χ2v) is 4.44. The van der Waals surface area contributed by atoms with Gasteiger partial charge in [0.05, 0.1) is 5.60 Å². The van der Waals surface area contributed by atoms with Crippen molar-refractivity contribution in [1.82, 2.24) is 5.32 Å². The van der Waals surface area contributed by atoms with E-state index in [9.17, 15) is 5.11 Å². The predicted molar refractivity (Wildman–Crippen MR) is 68.4 cm³/mol. The Morgan fingerprint density at radius 3 is 2.25 bits per heavy atom. The van der Waals surface area contributed by atoms with Crippen LogP contribution in [0.1, 0.15) is 45.2 Å². The fourth-order valence-corrected chi connectivity index (χ4v) is 1.70. The number of nitrogens with one attached hydrogen (secondary N) is 1. The Kier molecular flexibility index (Phi) is 4.97. The van der Waals surface area contributed by atoms with Gasteiger partial charge in [-0.1, -0.05) is 44.2 Å². The Morgan fingerprint density at radius 2 is 1.75 bits per heavy atom. The van der Waals surface area contributed by atoms with Crippen molar-refractivity contribution < 1.29 is 5.11 Å². The van der Waals surface area contributed by atoms with Crippen LogP contribution in [0.5, 0.6) is 0 Å². The first kappa shape index (κ1) is 13.2. The summed E-state index contributed by atoms with van der Waals surface area (Å²) >= 11 is 0. The Labute approximate surface area is 98.7 Å². The molecule has 0 spiro atoms. The van der Waals surface area contributed by atoms with Crippen molar-refractivity contribution in [2.75, 3.05) is 6.54 Å². The zero-order valence-corrected chi connectivity index (χ0v) is 10.5. The summed E-state index contributed by atoms with van der Waals surface area (Å²) in [7, 11) is 0. The minimum atomic E-state index is -0.566. The molecule has 0 saturated heterocycles. The molecule has 0 unspecified atom stereocenters. The number of aliphatic hydroxyl groups is 1. The predicted octanol–water partition coefficient (Wildman–Crippen LogP) is 2.89. The highest BCUT2D eigenvalue weighted by atomic mass is 16.3. The molecule has 0 aliphatic heterocycles. The summed E-state index contributed by atoms with van der Waals surface area (Å²) in [6.45, 7) is 6.83. The molecule has 90 valence electrons. The van der Waals surface area contributed by atoms with Gasteiger partial charge in [-0.3, -0.25) is 0 Å². The molecule has 1 aromatic carbocycles. The maximum atomic E-state index is 10.2. The van der Waals surface area contributed by atoms with Crippen molar-refractivity contribution in [3.05, 3.63) is 35.9 Å². The molecule has 0 heterocycles. The fourth-order valence-electron chi connectivity index (χ4n) is 1.70. The van der Waals surface area contributed by atoms with Gasteiger partial charge in [-0.2, -0.15) is 0 Å². The summed E-state index contributed by atoms with van der Waals surface area (Å²) in [6, 6.07) is 10.6. The lowest BCUT2D eigenvalue weighted by Gasteiger charge is -2.27. The quantitative estimate of drug-likeness (QED) is 0.774. The molecule has 0 amide bonds. The summed E-state index contributed by atoms with van der Waals surface area (Å²) < 4.78 is 0. The van der Waals surface area contributed by atoms with Gasteiger partial charge in [0.25, 0.3) is 0 Å². The van der Waals surface area contributed by atoms with Gasteiger partial charge in [-0.15, -0.1) is 0 Å². The van der Waals surface area contributed by atoms with E-state index in [0.717, 1.165) is 12.8 Å². The molecule has 0 aromatic heterocycles. The molecular formula is C14H23NO. The molecular weight excluding hydrogens is 198 g/mol. The van der Waals surface area contributed by atoms with Crippen LogP contribution in [-0.2, 0) is 0 Å². The average Bonchev–Trinajstić information content (AvgIpc) is 2.36. The van der Waals surface area contributed by atoms with Crippen LogP contribution in [0, 0.1) is 0 Å². The van der Waals surface area contributed by atoms with Gasteiger partial charge in [0.2, 0.25) is 0 Å². The monoisotopic (exact) mass is 221 g/mol. The minimum Gasteiger partial charge on any atom is -0.389 e. The summed E-state index contributed by atoms with van der Waals surface area (Å²) in [5, 5.41) is 13.6. The molecule has 1 rings (SSSR count). The van der Waals surface area contributed by atoms with Crippen LogP contribution in [0.25, 0.3) is 0 Å². The Bertz CT molecular complexity index is 293. The lowest BCUT2D eigenvalue weighted by Crippen LogP contribution is -2.40. The highest BCUT2D eigenvalue weighted by molar-refractivity contribution is 5.18. The number of benzene rings is 1. The molecule has 2 N–H and O–H groups in total. The fraction of sp³-hybridized carbons (Fsp3) is 0.571. The second-order valence-electron chi connectivity index (χ2n) is 4.44. The second kappa shape index (κ2) is 6.02. The van der Waals surface area contributed by atoms with E-state index in [1.807, 2.05) is 32.0 Å². The average molecular weight is 221 g/mol. The molecule has 2 heteroatoms. The number of rotatable bonds is 6. The molecule has 0 aliphatic rings. The zero-order valence-electron chi connectivity index (χ0n) is 10.5. The van der Waals surface area contributed by atoms with Gasteiger partial charge >= 0.3 is 0 Å². The number of hydrogen-bond donors (Lipinski definition) is 2.